The maximum absolute atomic E-state index is 9.54. The Bertz CT molecular complexity index is 1040. The smallest absolute Gasteiger partial charge is 0.162 e. The van der Waals surface area contributed by atoms with Gasteiger partial charge in [-0.2, -0.15) is 5.26 Å². The minimum Gasteiger partial charge on any atom is -0.493 e. The van der Waals surface area contributed by atoms with Gasteiger partial charge in [0.25, 0.3) is 0 Å². The Labute approximate surface area is 177 Å². The van der Waals surface area contributed by atoms with Crippen molar-refractivity contribution in [2.45, 2.75) is 25.9 Å². The summed E-state index contributed by atoms with van der Waals surface area (Å²) in [4.78, 5) is 7.14. The Morgan fingerprint density at radius 3 is 2.50 bits per heavy atom. The molecule has 0 amide bonds. The lowest BCUT2D eigenvalue weighted by atomic mass is 10.1. The van der Waals surface area contributed by atoms with Gasteiger partial charge in [0.2, 0.25) is 0 Å². The van der Waals surface area contributed by atoms with Crippen LogP contribution in [0.25, 0.3) is 11.3 Å². The van der Waals surface area contributed by atoms with Gasteiger partial charge < -0.3 is 14.4 Å². The highest BCUT2D eigenvalue weighted by Gasteiger charge is 2.16. The number of hydrogen-bond donors (Lipinski definition) is 0. The van der Waals surface area contributed by atoms with Gasteiger partial charge in [-0.15, -0.1) is 0 Å². The molecule has 0 radical (unpaired) electrons. The fourth-order valence-corrected chi connectivity index (χ4v) is 3.70. The number of benzene rings is 2. The van der Waals surface area contributed by atoms with Gasteiger partial charge in [0.05, 0.1) is 24.4 Å². The van der Waals surface area contributed by atoms with Crippen LogP contribution in [0.2, 0.25) is 0 Å². The fourth-order valence-electron chi connectivity index (χ4n) is 3.70. The molecule has 1 fully saturated rings. The average Bonchev–Trinajstić information content (AvgIpc) is 2.83. The summed E-state index contributed by atoms with van der Waals surface area (Å²) in [6, 6.07) is 21.8. The number of methoxy groups -OCH3 is 1. The molecule has 1 aliphatic rings. The number of nitriles is 1. The zero-order chi connectivity index (χ0) is 20.8. The molecule has 152 valence electrons. The third-order valence-corrected chi connectivity index (χ3v) is 5.32. The fraction of sp³-hybridized carbons (Fsp3) is 0.280. The molecular weight excluding hydrogens is 374 g/mol. The Kier molecular flexibility index (Phi) is 6.14. The second kappa shape index (κ2) is 9.32. The number of anilines is 1. The topological polar surface area (TPSA) is 58.4 Å². The molecule has 0 atom stereocenters. The first kappa shape index (κ1) is 19.8. The van der Waals surface area contributed by atoms with Crippen LogP contribution in [0.5, 0.6) is 11.5 Å². The molecule has 5 nitrogen and oxygen atoms in total. The second-order valence-corrected chi connectivity index (χ2v) is 7.40. The zero-order valence-electron chi connectivity index (χ0n) is 17.2. The summed E-state index contributed by atoms with van der Waals surface area (Å²) in [6.07, 6.45) is 3.57. The third kappa shape index (κ3) is 4.55. The van der Waals surface area contributed by atoms with Crippen LogP contribution in [0, 0.1) is 11.3 Å². The summed E-state index contributed by atoms with van der Waals surface area (Å²) >= 11 is 0. The first-order chi connectivity index (χ1) is 14.8. The molecule has 0 N–H and O–H groups in total. The van der Waals surface area contributed by atoms with Crippen molar-refractivity contribution in [1.82, 2.24) is 4.98 Å². The Morgan fingerprint density at radius 2 is 1.77 bits per heavy atom. The lowest BCUT2D eigenvalue weighted by Gasteiger charge is -2.28. The van der Waals surface area contributed by atoms with Crippen molar-refractivity contribution in [2.75, 3.05) is 25.1 Å². The van der Waals surface area contributed by atoms with Crippen LogP contribution in [0.3, 0.4) is 0 Å². The molecule has 0 spiro atoms. The number of hydrogen-bond acceptors (Lipinski definition) is 5. The van der Waals surface area contributed by atoms with E-state index >= 15 is 0 Å². The SMILES string of the molecule is COc1ccc(-c2cc(C#N)cc(N3CCCCC3)n2)cc1OCc1ccccc1. The molecule has 0 saturated carbocycles. The quantitative estimate of drug-likeness (QED) is 0.570. The van der Waals surface area contributed by atoms with E-state index in [0.717, 1.165) is 48.6 Å². The first-order valence-corrected chi connectivity index (χ1v) is 10.3. The van der Waals surface area contributed by atoms with E-state index in [0.29, 0.717) is 23.7 Å². The Balaban J connectivity index is 1.65. The average molecular weight is 399 g/mol. The van der Waals surface area contributed by atoms with Crippen LogP contribution in [0.15, 0.2) is 60.7 Å². The van der Waals surface area contributed by atoms with E-state index in [1.54, 1.807) is 7.11 Å². The third-order valence-electron chi connectivity index (χ3n) is 5.32. The van der Waals surface area contributed by atoms with E-state index in [-0.39, 0.29) is 0 Å². The number of nitrogens with zero attached hydrogens (tertiary/aromatic N) is 3. The molecule has 1 saturated heterocycles. The van der Waals surface area contributed by atoms with Gasteiger partial charge in [-0.25, -0.2) is 4.98 Å². The van der Waals surface area contributed by atoms with Crippen LogP contribution in [0.4, 0.5) is 5.82 Å². The van der Waals surface area contributed by atoms with Crippen LogP contribution in [-0.4, -0.2) is 25.2 Å². The standard InChI is InChI=1S/C25H25N3O2/c1-29-23-11-10-21(16-24(23)30-18-19-8-4-2-5-9-19)22-14-20(17-26)15-25(27-22)28-12-6-3-7-13-28/h2,4-5,8-11,14-16H,3,6-7,12-13,18H2,1H3. The molecule has 1 aromatic heterocycles. The predicted octanol–water partition coefficient (Wildman–Crippen LogP) is 5.20. The summed E-state index contributed by atoms with van der Waals surface area (Å²) < 4.78 is 11.5. The maximum Gasteiger partial charge on any atom is 0.162 e. The van der Waals surface area contributed by atoms with Crippen LogP contribution in [0.1, 0.15) is 30.4 Å². The van der Waals surface area contributed by atoms with Crippen molar-refractivity contribution in [3.63, 3.8) is 0 Å². The summed E-state index contributed by atoms with van der Waals surface area (Å²) in [5.41, 5.74) is 3.36. The van der Waals surface area contributed by atoms with Crippen LogP contribution < -0.4 is 14.4 Å². The largest absolute Gasteiger partial charge is 0.493 e. The van der Waals surface area contributed by atoms with E-state index in [1.165, 1.54) is 6.42 Å². The van der Waals surface area contributed by atoms with Gasteiger partial charge in [0.15, 0.2) is 11.5 Å². The lowest BCUT2D eigenvalue weighted by Crippen LogP contribution is -2.30. The van der Waals surface area contributed by atoms with E-state index in [9.17, 15) is 5.26 Å². The van der Waals surface area contributed by atoms with Gasteiger partial charge in [-0.3, -0.25) is 0 Å². The maximum atomic E-state index is 9.54. The normalized spacial score (nSPS) is 13.5. The molecule has 1 aliphatic heterocycles. The minimum atomic E-state index is 0.450. The summed E-state index contributed by atoms with van der Waals surface area (Å²) in [7, 11) is 1.63. The molecular formula is C25H25N3O2. The van der Waals surface area contributed by atoms with Crippen molar-refractivity contribution in [3.05, 3.63) is 71.8 Å². The molecule has 30 heavy (non-hydrogen) atoms. The van der Waals surface area contributed by atoms with Gasteiger partial charge in [0, 0.05) is 18.7 Å². The van der Waals surface area contributed by atoms with Crippen molar-refractivity contribution in [3.8, 4) is 28.8 Å². The van der Waals surface area contributed by atoms with E-state index in [1.807, 2.05) is 60.7 Å². The minimum absolute atomic E-state index is 0.450. The summed E-state index contributed by atoms with van der Waals surface area (Å²) in [5.74, 6) is 2.19. The van der Waals surface area contributed by atoms with Crippen LogP contribution in [-0.2, 0) is 6.61 Å². The van der Waals surface area contributed by atoms with Gasteiger partial charge >= 0.3 is 0 Å². The van der Waals surface area contributed by atoms with Crippen molar-refractivity contribution in [2.24, 2.45) is 0 Å². The Morgan fingerprint density at radius 1 is 0.967 bits per heavy atom. The zero-order valence-corrected chi connectivity index (χ0v) is 17.2. The number of aromatic nitrogens is 1. The molecule has 0 aliphatic carbocycles. The van der Waals surface area contributed by atoms with Crippen LogP contribution >= 0.6 is 0 Å². The molecule has 4 rings (SSSR count). The van der Waals surface area contributed by atoms with Crippen molar-refractivity contribution >= 4 is 5.82 Å². The highest BCUT2D eigenvalue weighted by molar-refractivity contribution is 5.67. The van der Waals surface area contributed by atoms with Gasteiger partial charge in [-0.05, 0) is 55.2 Å². The number of pyridine rings is 1. The van der Waals surface area contributed by atoms with E-state index in [2.05, 4.69) is 11.0 Å². The summed E-state index contributed by atoms with van der Waals surface area (Å²) in [6.45, 7) is 2.41. The molecule has 0 bridgehead atoms. The van der Waals surface area contributed by atoms with E-state index in [4.69, 9.17) is 14.5 Å². The van der Waals surface area contributed by atoms with Crippen molar-refractivity contribution < 1.29 is 9.47 Å². The first-order valence-electron chi connectivity index (χ1n) is 10.3. The molecule has 5 heteroatoms. The predicted molar refractivity (Wildman–Crippen MR) is 118 cm³/mol. The molecule has 2 heterocycles. The Hall–Kier alpha value is -3.52. The number of ether oxygens (including phenoxy) is 2. The van der Waals surface area contributed by atoms with Gasteiger partial charge in [-0.1, -0.05) is 30.3 Å². The molecule has 3 aromatic rings. The number of piperidine rings is 1. The highest BCUT2D eigenvalue weighted by Crippen LogP contribution is 2.34. The number of rotatable bonds is 6. The highest BCUT2D eigenvalue weighted by atomic mass is 16.5. The monoisotopic (exact) mass is 399 g/mol. The van der Waals surface area contributed by atoms with E-state index < -0.39 is 0 Å². The lowest BCUT2D eigenvalue weighted by molar-refractivity contribution is 0.284. The van der Waals surface area contributed by atoms with Crippen molar-refractivity contribution in [1.29, 1.82) is 5.26 Å². The second-order valence-electron chi connectivity index (χ2n) is 7.40. The summed E-state index contributed by atoms with van der Waals surface area (Å²) in [5, 5.41) is 9.54. The molecule has 0 unspecified atom stereocenters. The van der Waals surface area contributed by atoms with Gasteiger partial charge in [0.1, 0.15) is 12.4 Å². The molecule has 2 aromatic carbocycles.